The van der Waals surface area contributed by atoms with Gasteiger partial charge in [-0.3, -0.25) is 0 Å². The van der Waals surface area contributed by atoms with Crippen molar-refractivity contribution < 1.29 is 4.74 Å². The molecule has 0 atom stereocenters. The predicted molar refractivity (Wildman–Crippen MR) is 55.9 cm³/mol. The summed E-state index contributed by atoms with van der Waals surface area (Å²) in [5.41, 5.74) is 0.137. The molecule has 0 saturated carbocycles. The van der Waals surface area contributed by atoms with Gasteiger partial charge in [-0.05, 0) is 25.9 Å². The van der Waals surface area contributed by atoms with Crippen molar-refractivity contribution in [3.05, 3.63) is 5.82 Å². The van der Waals surface area contributed by atoms with Crippen molar-refractivity contribution in [3.8, 4) is 5.19 Å². The molecule has 0 bridgehead atoms. The summed E-state index contributed by atoms with van der Waals surface area (Å²) in [5, 5.41) is 4.01. The van der Waals surface area contributed by atoms with E-state index in [1.54, 1.807) is 7.11 Å². The second kappa shape index (κ2) is 3.82. The first-order valence-electron chi connectivity index (χ1n) is 4.83. The molecule has 1 saturated heterocycles. The molecule has 1 aliphatic heterocycles. The summed E-state index contributed by atoms with van der Waals surface area (Å²) in [6, 6.07) is 0. The number of aromatic nitrogens is 2. The van der Waals surface area contributed by atoms with E-state index >= 15 is 0 Å². The lowest BCUT2D eigenvalue weighted by Crippen LogP contribution is -2.38. The van der Waals surface area contributed by atoms with Crippen molar-refractivity contribution in [1.82, 2.24) is 14.7 Å². The molecule has 4 nitrogen and oxygen atoms in total. The molecule has 1 aromatic rings. The van der Waals surface area contributed by atoms with Crippen molar-refractivity contribution in [2.75, 3.05) is 20.2 Å². The standard InChI is InChI=1S/C9H15N3OS/c1-9(3-5-10-6-4-9)7-11-8(13-2)14-12-7/h10H,3-6H2,1-2H3. The number of hydrogen-bond acceptors (Lipinski definition) is 5. The Hall–Kier alpha value is -0.680. The molecule has 1 aromatic heterocycles. The highest BCUT2D eigenvalue weighted by atomic mass is 32.1. The van der Waals surface area contributed by atoms with Crippen LogP contribution in [0, 0.1) is 0 Å². The van der Waals surface area contributed by atoms with Gasteiger partial charge in [0.25, 0.3) is 5.19 Å². The van der Waals surface area contributed by atoms with Crippen LogP contribution in [0.3, 0.4) is 0 Å². The van der Waals surface area contributed by atoms with Gasteiger partial charge in [-0.25, -0.2) is 0 Å². The number of nitrogens with zero attached hydrogens (tertiary/aromatic N) is 2. The van der Waals surface area contributed by atoms with Gasteiger partial charge in [0.1, 0.15) is 0 Å². The summed E-state index contributed by atoms with van der Waals surface area (Å²) in [4.78, 5) is 4.38. The Morgan fingerprint density at radius 3 is 2.71 bits per heavy atom. The minimum absolute atomic E-state index is 0.137. The molecular formula is C9H15N3OS. The van der Waals surface area contributed by atoms with Crippen molar-refractivity contribution in [2.24, 2.45) is 0 Å². The van der Waals surface area contributed by atoms with Crippen LogP contribution < -0.4 is 10.1 Å². The molecule has 2 rings (SSSR count). The largest absolute Gasteiger partial charge is 0.472 e. The lowest BCUT2D eigenvalue weighted by Gasteiger charge is -2.31. The maximum atomic E-state index is 5.06. The van der Waals surface area contributed by atoms with Crippen LogP contribution in [-0.2, 0) is 5.41 Å². The van der Waals surface area contributed by atoms with E-state index in [1.165, 1.54) is 11.5 Å². The van der Waals surface area contributed by atoms with Crippen molar-refractivity contribution >= 4 is 11.5 Å². The van der Waals surface area contributed by atoms with Crippen molar-refractivity contribution in [3.63, 3.8) is 0 Å². The lowest BCUT2D eigenvalue weighted by molar-refractivity contribution is 0.318. The molecule has 1 N–H and O–H groups in total. The van der Waals surface area contributed by atoms with Crippen LogP contribution in [0.1, 0.15) is 25.6 Å². The summed E-state index contributed by atoms with van der Waals surface area (Å²) in [6.45, 7) is 4.34. The summed E-state index contributed by atoms with van der Waals surface area (Å²) >= 11 is 1.34. The van der Waals surface area contributed by atoms with E-state index in [1.807, 2.05) is 0 Å². The highest BCUT2D eigenvalue weighted by molar-refractivity contribution is 7.07. The van der Waals surface area contributed by atoms with E-state index in [0.29, 0.717) is 5.19 Å². The number of nitrogens with one attached hydrogen (secondary N) is 1. The van der Waals surface area contributed by atoms with Crippen LogP contribution >= 0.6 is 11.5 Å². The van der Waals surface area contributed by atoms with Gasteiger partial charge in [0, 0.05) is 16.9 Å². The molecule has 0 radical (unpaired) electrons. The maximum Gasteiger partial charge on any atom is 0.292 e. The third-order valence-corrected chi connectivity index (χ3v) is 3.51. The van der Waals surface area contributed by atoms with Gasteiger partial charge in [-0.1, -0.05) is 6.92 Å². The molecular weight excluding hydrogens is 198 g/mol. The monoisotopic (exact) mass is 213 g/mol. The Morgan fingerprint density at radius 2 is 2.14 bits per heavy atom. The minimum Gasteiger partial charge on any atom is -0.472 e. The molecule has 14 heavy (non-hydrogen) atoms. The molecule has 0 spiro atoms. The third kappa shape index (κ3) is 1.74. The van der Waals surface area contributed by atoms with E-state index in [0.717, 1.165) is 31.8 Å². The minimum atomic E-state index is 0.137. The summed E-state index contributed by atoms with van der Waals surface area (Å²) < 4.78 is 9.42. The number of methoxy groups -OCH3 is 1. The molecule has 78 valence electrons. The second-order valence-electron chi connectivity index (χ2n) is 3.90. The van der Waals surface area contributed by atoms with Crippen LogP contribution in [0.5, 0.6) is 5.19 Å². The predicted octanol–water partition coefficient (Wildman–Crippen LogP) is 1.19. The number of rotatable bonds is 2. The van der Waals surface area contributed by atoms with Crippen molar-refractivity contribution in [1.29, 1.82) is 0 Å². The Balaban J connectivity index is 2.19. The Bertz CT molecular complexity index is 307. The quantitative estimate of drug-likeness (QED) is 0.801. The molecule has 1 aliphatic rings. The number of piperidine rings is 1. The summed E-state index contributed by atoms with van der Waals surface area (Å²) in [7, 11) is 1.63. The van der Waals surface area contributed by atoms with Gasteiger partial charge in [-0.15, -0.1) is 0 Å². The fourth-order valence-electron chi connectivity index (χ4n) is 1.74. The fourth-order valence-corrected chi connectivity index (χ4v) is 2.37. The molecule has 0 aromatic carbocycles. The van der Waals surface area contributed by atoms with Crippen LogP contribution in [0.4, 0.5) is 0 Å². The van der Waals surface area contributed by atoms with Gasteiger partial charge in [0.05, 0.1) is 7.11 Å². The Labute approximate surface area is 87.9 Å². The lowest BCUT2D eigenvalue weighted by atomic mass is 9.80. The van der Waals surface area contributed by atoms with E-state index in [4.69, 9.17) is 4.74 Å². The Kier molecular flexibility index (Phi) is 2.69. The van der Waals surface area contributed by atoms with Gasteiger partial charge in [0.15, 0.2) is 5.82 Å². The van der Waals surface area contributed by atoms with Crippen molar-refractivity contribution in [2.45, 2.75) is 25.2 Å². The molecule has 0 amide bonds. The SMILES string of the molecule is COc1nc(C2(C)CCNCC2)ns1. The second-order valence-corrected chi connectivity index (χ2v) is 4.61. The third-order valence-electron chi connectivity index (χ3n) is 2.83. The first-order chi connectivity index (χ1) is 6.74. The van der Waals surface area contributed by atoms with Gasteiger partial charge >= 0.3 is 0 Å². The van der Waals surface area contributed by atoms with Gasteiger partial charge in [-0.2, -0.15) is 9.36 Å². The van der Waals surface area contributed by atoms with Gasteiger partial charge < -0.3 is 10.1 Å². The maximum absolute atomic E-state index is 5.06. The fraction of sp³-hybridized carbons (Fsp3) is 0.778. The molecule has 0 unspecified atom stereocenters. The topological polar surface area (TPSA) is 47.0 Å². The number of ether oxygens (including phenoxy) is 1. The van der Waals surface area contributed by atoms with E-state index in [2.05, 4.69) is 21.6 Å². The number of hydrogen-bond donors (Lipinski definition) is 1. The zero-order valence-electron chi connectivity index (χ0n) is 8.54. The van der Waals surface area contributed by atoms with E-state index in [-0.39, 0.29) is 5.41 Å². The zero-order valence-corrected chi connectivity index (χ0v) is 9.36. The normalized spacial score (nSPS) is 20.7. The smallest absolute Gasteiger partial charge is 0.292 e. The highest BCUT2D eigenvalue weighted by Crippen LogP contribution is 2.32. The first kappa shape index (κ1) is 9.86. The van der Waals surface area contributed by atoms with Gasteiger partial charge in [0.2, 0.25) is 0 Å². The van der Waals surface area contributed by atoms with Crippen LogP contribution in [-0.4, -0.2) is 29.6 Å². The average molecular weight is 213 g/mol. The van der Waals surface area contributed by atoms with E-state index in [9.17, 15) is 0 Å². The molecule has 1 fully saturated rings. The van der Waals surface area contributed by atoms with Crippen LogP contribution in [0.15, 0.2) is 0 Å². The summed E-state index contributed by atoms with van der Waals surface area (Å²) in [6.07, 6.45) is 2.21. The van der Waals surface area contributed by atoms with Crippen LogP contribution in [0.2, 0.25) is 0 Å². The Morgan fingerprint density at radius 1 is 1.43 bits per heavy atom. The molecule has 2 heterocycles. The molecule has 5 heteroatoms. The average Bonchev–Trinajstić information content (AvgIpc) is 2.67. The van der Waals surface area contributed by atoms with E-state index < -0.39 is 0 Å². The zero-order chi connectivity index (χ0) is 10.0. The highest BCUT2D eigenvalue weighted by Gasteiger charge is 2.32. The summed E-state index contributed by atoms with van der Waals surface area (Å²) in [5.74, 6) is 0.945. The first-order valence-corrected chi connectivity index (χ1v) is 5.61. The van der Waals surface area contributed by atoms with Crippen LogP contribution in [0.25, 0.3) is 0 Å². The molecule has 0 aliphatic carbocycles.